The number of halogens is 4. The average molecular weight is 344 g/mol. The van der Waals surface area contributed by atoms with Gasteiger partial charge in [-0.25, -0.2) is 13.2 Å². The normalized spacial score (nSPS) is 12.4. The molecule has 0 aliphatic heterocycles. The Labute approximate surface area is 123 Å². The molecule has 0 amide bonds. The predicted molar refractivity (Wildman–Crippen MR) is 76.0 cm³/mol. The van der Waals surface area contributed by atoms with Crippen LogP contribution in [0.2, 0.25) is 0 Å². The van der Waals surface area contributed by atoms with Crippen molar-refractivity contribution in [2.75, 3.05) is 7.05 Å². The molecule has 0 saturated heterocycles. The third-order valence-electron chi connectivity index (χ3n) is 3.12. The van der Waals surface area contributed by atoms with Gasteiger partial charge in [-0.15, -0.1) is 0 Å². The molecule has 0 saturated carbocycles. The fraction of sp³-hybridized carbons (Fsp3) is 0.200. The van der Waals surface area contributed by atoms with Crippen LogP contribution in [-0.4, -0.2) is 7.05 Å². The van der Waals surface area contributed by atoms with E-state index in [2.05, 4.69) is 21.2 Å². The van der Waals surface area contributed by atoms with Gasteiger partial charge in [0.05, 0.1) is 0 Å². The summed E-state index contributed by atoms with van der Waals surface area (Å²) in [6.45, 7) is 0. The summed E-state index contributed by atoms with van der Waals surface area (Å²) in [5, 5.41) is 2.89. The molecular weight excluding hydrogens is 331 g/mol. The first kappa shape index (κ1) is 15.1. The third kappa shape index (κ3) is 3.41. The molecule has 2 aromatic rings. The minimum absolute atomic E-state index is 0.190. The van der Waals surface area contributed by atoms with E-state index >= 15 is 0 Å². The van der Waals surface area contributed by atoms with Crippen LogP contribution in [0.1, 0.15) is 17.2 Å². The largest absolute Gasteiger partial charge is 0.313 e. The molecular formula is C15H13BrF3N. The van der Waals surface area contributed by atoms with Gasteiger partial charge >= 0.3 is 0 Å². The molecule has 0 radical (unpaired) electrons. The van der Waals surface area contributed by atoms with E-state index in [1.807, 2.05) is 0 Å². The Balaban J connectivity index is 2.31. The SMILES string of the molecule is CNC(Cc1ccc(Br)cc1F)c1cc(F)ccc1F. The van der Waals surface area contributed by atoms with Crippen LogP contribution in [0.5, 0.6) is 0 Å². The summed E-state index contributed by atoms with van der Waals surface area (Å²) in [5.41, 5.74) is 0.631. The van der Waals surface area contributed by atoms with Crippen LogP contribution in [0, 0.1) is 17.5 Å². The van der Waals surface area contributed by atoms with Gasteiger partial charge < -0.3 is 5.32 Å². The molecule has 1 unspecified atom stereocenters. The Kier molecular flexibility index (Phi) is 4.83. The molecule has 2 rings (SSSR count). The summed E-state index contributed by atoms with van der Waals surface area (Å²) in [6, 6.07) is 7.46. The number of hydrogen-bond donors (Lipinski definition) is 1. The minimum Gasteiger partial charge on any atom is -0.313 e. The van der Waals surface area contributed by atoms with Crippen molar-refractivity contribution in [1.82, 2.24) is 5.32 Å². The number of likely N-dealkylation sites (N-methyl/N-ethyl adjacent to an activating group) is 1. The highest BCUT2D eigenvalue weighted by molar-refractivity contribution is 9.10. The summed E-state index contributed by atoms with van der Waals surface area (Å²) in [4.78, 5) is 0. The van der Waals surface area contributed by atoms with Crippen molar-refractivity contribution in [1.29, 1.82) is 0 Å². The quantitative estimate of drug-likeness (QED) is 0.869. The Morgan fingerprint density at radius 1 is 1.05 bits per heavy atom. The Bertz CT molecular complexity index is 616. The van der Waals surface area contributed by atoms with Crippen LogP contribution in [0.3, 0.4) is 0 Å². The van der Waals surface area contributed by atoms with Gasteiger partial charge in [0.1, 0.15) is 17.5 Å². The van der Waals surface area contributed by atoms with Crippen LogP contribution in [0.4, 0.5) is 13.2 Å². The first-order chi connectivity index (χ1) is 9.51. The van der Waals surface area contributed by atoms with Crippen molar-refractivity contribution in [2.45, 2.75) is 12.5 Å². The Morgan fingerprint density at radius 2 is 1.80 bits per heavy atom. The first-order valence-electron chi connectivity index (χ1n) is 6.07. The lowest BCUT2D eigenvalue weighted by atomic mass is 9.98. The van der Waals surface area contributed by atoms with Gasteiger partial charge in [0.25, 0.3) is 0 Å². The van der Waals surface area contributed by atoms with E-state index in [1.54, 1.807) is 19.2 Å². The van der Waals surface area contributed by atoms with Crippen molar-refractivity contribution in [3.05, 3.63) is 69.4 Å². The van der Waals surface area contributed by atoms with E-state index in [4.69, 9.17) is 0 Å². The van der Waals surface area contributed by atoms with E-state index in [0.717, 1.165) is 18.2 Å². The lowest BCUT2D eigenvalue weighted by molar-refractivity contribution is 0.511. The molecule has 1 nitrogen and oxygen atoms in total. The molecule has 0 aliphatic carbocycles. The van der Waals surface area contributed by atoms with Gasteiger partial charge in [0.2, 0.25) is 0 Å². The molecule has 106 valence electrons. The lowest BCUT2D eigenvalue weighted by Gasteiger charge is -2.18. The van der Waals surface area contributed by atoms with Gasteiger partial charge in [-0.3, -0.25) is 0 Å². The number of rotatable bonds is 4. The smallest absolute Gasteiger partial charge is 0.128 e. The zero-order valence-electron chi connectivity index (χ0n) is 10.8. The molecule has 0 spiro atoms. The fourth-order valence-electron chi connectivity index (χ4n) is 2.06. The van der Waals surface area contributed by atoms with E-state index in [0.29, 0.717) is 10.0 Å². The maximum Gasteiger partial charge on any atom is 0.128 e. The van der Waals surface area contributed by atoms with Crippen LogP contribution >= 0.6 is 15.9 Å². The van der Waals surface area contributed by atoms with Crippen molar-refractivity contribution < 1.29 is 13.2 Å². The molecule has 2 aromatic carbocycles. The second-order valence-electron chi connectivity index (χ2n) is 4.45. The number of benzene rings is 2. The standard InChI is InChI=1S/C15H13BrF3N/c1-20-15(12-8-11(17)4-5-13(12)18)6-9-2-3-10(16)7-14(9)19/h2-5,7-8,15,20H,6H2,1H3. The van der Waals surface area contributed by atoms with Gasteiger partial charge in [0, 0.05) is 16.1 Å². The van der Waals surface area contributed by atoms with Crippen molar-refractivity contribution in [3.63, 3.8) is 0 Å². The van der Waals surface area contributed by atoms with E-state index in [-0.39, 0.29) is 17.8 Å². The molecule has 0 fully saturated rings. The zero-order chi connectivity index (χ0) is 14.7. The average Bonchev–Trinajstić information content (AvgIpc) is 2.41. The maximum atomic E-state index is 13.8. The van der Waals surface area contributed by atoms with E-state index in [9.17, 15) is 13.2 Å². The van der Waals surface area contributed by atoms with Crippen LogP contribution < -0.4 is 5.32 Å². The van der Waals surface area contributed by atoms with Gasteiger partial charge in [0.15, 0.2) is 0 Å². The van der Waals surface area contributed by atoms with Crippen LogP contribution in [0.15, 0.2) is 40.9 Å². The maximum absolute atomic E-state index is 13.8. The Morgan fingerprint density at radius 3 is 2.45 bits per heavy atom. The van der Waals surface area contributed by atoms with Crippen molar-refractivity contribution in [3.8, 4) is 0 Å². The van der Waals surface area contributed by atoms with Crippen molar-refractivity contribution in [2.24, 2.45) is 0 Å². The zero-order valence-corrected chi connectivity index (χ0v) is 12.3. The molecule has 1 atom stereocenters. The second-order valence-corrected chi connectivity index (χ2v) is 5.36. The first-order valence-corrected chi connectivity index (χ1v) is 6.86. The summed E-state index contributed by atoms with van der Waals surface area (Å²) in [7, 11) is 1.63. The highest BCUT2D eigenvalue weighted by Gasteiger charge is 2.17. The van der Waals surface area contributed by atoms with Crippen LogP contribution in [0.25, 0.3) is 0 Å². The van der Waals surface area contributed by atoms with Crippen LogP contribution in [-0.2, 0) is 6.42 Å². The fourth-order valence-corrected chi connectivity index (χ4v) is 2.39. The summed E-state index contributed by atoms with van der Waals surface area (Å²) >= 11 is 3.18. The lowest BCUT2D eigenvalue weighted by Crippen LogP contribution is -2.20. The molecule has 0 bridgehead atoms. The highest BCUT2D eigenvalue weighted by atomic mass is 79.9. The van der Waals surface area contributed by atoms with Gasteiger partial charge in [-0.05, 0) is 49.4 Å². The predicted octanol–water partition coefficient (Wildman–Crippen LogP) is 4.37. The van der Waals surface area contributed by atoms with E-state index in [1.165, 1.54) is 6.07 Å². The molecule has 20 heavy (non-hydrogen) atoms. The Hall–Kier alpha value is -1.33. The molecule has 0 aliphatic rings. The third-order valence-corrected chi connectivity index (χ3v) is 3.61. The summed E-state index contributed by atoms with van der Waals surface area (Å²) < 4.78 is 41.5. The molecule has 0 heterocycles. The second kappa shape index (κ2) is 6.41. The number of hydrogen-bond acceptors (Lipinski definition) is 1. The molecule has 1 N–H and O–H groups in total. The van der Waals surface area contributed by atoms with Crippen molar-refractivity contribution >= 4 is 15.9 Å². The topological polar surface area (TPSA) is 12.0 Å². The molecule has 0 aromatic heterocycles. The minimum atomic E-state index is -0.516. The molecule has 5 heteroatoms. The van der Waals surface area contributed by atoms with Gasteiger partial charge in [-0.2, -0.15) is 0 Å². The number of nitrogens with one attached hydrogen (secondary N) is 1. The summed E-state index contributed by atoms with van der Waals surface area (Å²) in [6.07, 6.45) is 0.232. The monoisotopic (exact) mass is 343 g/mol. The summed E-state index contributed by atoms with van der Waals surface area (Å²) in [5.74, 6) is -1.40. The highest BCUT2D eigenvalue weighted by Crippen LogP contribution is 2.24. The van der Waals surface area contributed by atoms with E-state index < -0.39 is 17.7 Å². The van der Waals surface area contributed by atoms with Gasteiger partial charge in [-0.1, -0.05) is 22.0 Å².